The van der Waals surface area contributed by atoms with Gasteiger partial charge in [-0.15, -0.1) is 0 Å². The largest absolute Gasteiger partial charge is 0.418 e. The van der Waals surface area contributed by atoms with Crippen molar-refractivity contribution in [1.82, 2.24) is 15.0 Å². The Hall–Kier alpha value is -3.56. The second-order valence-corrected chi connectivity index (χ2v) is 7.36. The van der Waals surface area contributed by atoms with E-state index >= 15 is 0 Å². The fourth-order valence-corrected chi connectivity index (χ4v) is 3.54. The minimum Gasteiger partial charge on any atom is -0.368 e. The number of hydrogen-bond donors (Lipinski definition) is 1. The molecule has 1 saturated heterocycles. The van der Waals surface area contributed by atoms with E-state index in [0.717, 1.165) is 17.3 Å². The molecular formula is C22H22F3N5O2. The maximum Gasteiger partial charge on any atom is 0.418 e. The van der Waals surface area contributed by atoms with Crippen molar-refractivity contribution >= 4 is 17.4 Å². The van der Waals surface area contributed by atoms with Gasteiger partial charge in [0, 0.05) is 43.9 Å². The van der Waals surface area contributed by atoms with E-state index in [9.17, 15) is 18.0 Å². The quantitative estimate of drug-likeness (QED) is 0.632. The second-order valence-electron chi connectivity index (χ2n) is 7.36. The molecule has 2 amide bonds. The number of anilines is 2. The molecule has 4 rings (SSSR count). The van der Waals surface area contributed by atoms with Gasteiger partial charge in [0.05, 0.1) is 11.3 Å². The predicted molar refractivity (Wildman–Crippen MR) is 113 cm³/mol. The molecule has 1 aliphatic rings. The van der Waals surface area contributed by atoms with Crippen molar-refractivity contribution in [2.75, 3.05) is 36.4 Å². The van der Waals surface area contributed by atoms with E-state index in [1.807, 2.05) is 31.2 Å². The van der Waals surface area contributed by atoms with E-state index in [4.69, 9.17) is 4.52 Å². The monoisotopic (exact) mass is 445 g/mol. The zero-order valence-electron chi connectivity index (χ0n) is 17.4. The predicted octanol–water partition coefficient (Wildman–Crippen LogP) is 4.67. The molecule has 0 unspecified atom stereocenters. The lowest BCUT2D eigenvalue weighted by Gasteiger charge is -2.36. The highest BCUT2D eigenvalue weighted by Gasteiger charge is 2.34. The van der Waals surface area contributed by atoms with Crippen LogP contribution in [0.4, 0.5) is 29.3 Å². The summed E-state index contributed by atoms with van der Waals surface area (Å²) in [5, 5.41) is 6.36. The summed E-state index contributed by atoms with van der Waals surface area (Å²) in [5.74, 6) is 1.12. The zero-order chi connectivity index (χ0) is 22.7. The number of para-hydroxylation sites is 1. The third kappa shape index (κ3) is 4.68. The van der Waals surface area contributed by atoms with Crippen LogP contribution in [0.25, 0.3) is 11.4 Å². The zero-order valence-corrected chi connectivity index (χ0v) is 17.4. The number of benzene rings is 2. The number of alkyl halides is 3. The van der Waals surface area contributed by atoms with Gasteiger partial charge in [0.1, 0.15) is 0 Å². The summed E-state index contributed by atoms with van der Waals surface area (Å²) in [7, 11) is 0. The number of hydrogen-bond acceptors (Lipinski definition) is 5. The van der Waals surface area contributed by atoms with Crippen LogP contribution in [0.2, 0.25) is 0 Å². The average molecular weight is 445 g/mol. The fourth-order valence-electron chi connectivity index (χ4n) is 3.54. The molecule has 0 atom stereocenters. The summed E-state index contributed by atoms with van der Waals surface area (Å²) in [4.78, 5) is 20.5. The minimum absolute atomic E-state index is 0.240. The highest BCUT2D eigenvalue weighted by atomic mass is 19.4. The van der Waals surface area contributed by atoms with Crippen molar-refractivity contribution in [3.8, 4) is 11.4 Å². The smallest absolute Gasteiger partial charge is 0.368 e. The summed E-state index contributed by atoms with van der Waals surface area (Å²) < 4.78 is 44.6. The van der Waals surface area contributed by atoms with E-state index in [2.05, 4.69) is 20.4 Å². The van der Waals surface area contributed by atoms with Crippen molar-refractivity contribution in [1.29, 1.82) is 0 Å². The van der Waals surface area contributed by atoms with Crippen LogP contribution in [0.3, 0.4) is 0 Å². The first-order chi connectivity index (χ1) is 15.3. The van der Waals surface area contributed by atoms with E-state index in [0.29, 0.717) is 44.3 Å². The molecule has 3 aromatic rings. The van der Waals surface area contributed by atoms with Gasteiger partial charge in [-0.3, -0.25) is 0 Å². The Morgan fingerprint density at radius 2 is 1.75 bits per heavy atom. The lowest BCUT2D eigenvalue weighted by Crippen LogP contribution is -2.50. The molecule has 0 bridgehead atoms. The number of aromatic nitrogens is 2. The third-order valence-electron chi connectivity index (χ3n) is 5.30. The summed E-state index contributed by atoms with van der Waals surface area (Å²) in [6.45, 7) is 3.86. The van der Waals surface area contributed by atoms with Gasteiger partial charge in [0.2, 0.25) is 11.7 Å². The highest BCUT2D eigenvalue weighted by Crippen LogP contribution is 2.34. The molecule has 1 N–H and O–H groups in total. The number of piperazine rings is 1. The molecule has 1 aromatic heterocycles. The van der Waals surface area contributed by atoms with Gasteiger partial charge in [0.25, 0.3) is 0 Å². The number of rotatable bonds is 4. The minimum atomic E-state index is -4.53. The molecule has 1 fully saturated rings. The molecule has 0 saturated carbocycles. The Balaban J connectivity index is 1.36. The molecule has 0 aliphatic carbocycles. The lowest BCUT2D eigenvalue weighted by molar-refractivity contribution is -0.136. The van der Waals surface area contributed by atoms with Crippen LogP contribution in [0.15, 0.2) is 53.1 Å². The molecule has 168 valence electrons. The maximum atomic E-state index is 13.2. The Morgan fingerprint density at radius 1 is 1.06 bits per heavy atom. The number of aryl methyl sites for hydroxylation is 1. The SMILES string of the molecule is CCc1nc(-c2ccc(N3CCN(C(=O)Nc4ccccc4C(F)(F)F)CC3)cc2)no1. The van der Waals surface area contributed by atoms with Crippen LogP contribution < -0.4 is 10.2 Å². The summed E-state index contributed by atoms with van der Waals surface area (Å²) in [6, 6.07) is 12.1. The van der Waals surface area contributed by atoms with Crippen LogP contribution in [0, 0.1) is 0 Å². The Morgan fingerprint density at radius 3 is 2.38 bits per heavy atom. The molecule has 10 heteroatoms. The van der Waals surface area contributed by atoms with Gasteiger partial charge >= 0.3 is 12.2 Å². The molecule has 0 spiro atoms. The van der Waals surface area contributed by atoms with Gasteiger partial charge < -0.3 is 19.6 Å². The normalized spacial score (nSPS) is 14.5. The first kappa shape index (κ1) is 21.7. The fraction of sp³-hybridized carbons (Fsp3) is 0.318. The summed E-state index contributed by atoms with van der Waals surface area (Å²) in [5.41, 5.74) is 0.726. The van der Waals surface area contributed by atoms with Crippen molar-refractivity contribution in [2.45, 2.75) is 19.5 Å². The number of amides is 2. The lowest BCUT2D eigenvalue weighted by atomic mass is 10.1. The number of carbonyl (C=O) groups is 1. The molecule has 32 heavy (non-hydrogen) atoms. The number of urea groups is 1. The van der Waals surface area contributed by atoms with Crippen LogP contribution in [0.1, 0.15) is 18.4 Å². The molecule has 1 aliphatic heterocycles. The van der Waals surface area contributed by atoms with E-state index < -0.39 is 17.8 Å². The third-order valence-corrected chi connectivity index (χ3v) is 5.30. The molecule has 2 aromatic carbocycles. The van der Waals surface area contributed by atoms with Crippen LogP contribution in [-0.2, 0) is 12.6 Å². The van der Waals surface area contributed by atoms with E-state index in [-0.39, 0.29) is 5.69 Å². The molecule has 7 nitrogen and oxygen atoms in total. The van der Waals surface area contributed by atoms with E-state index in [1.54, 1.807) is 0 Å². The number of halogens is 3. The Kier molecular flexibility index (Phi) is 6.02. The first-order valence-corrected chi connectivity index (χ1v) is 10.3. The number of carbonyl (C=O) groups excluding carboxylic acids is 1. The second kappa shape index (κ2) is 8.89. The van der Waals surface area contributed by atoms with E-state index in [1.165, 1.54) is 23.1 Å². The molecular weight excluding hydrogens is 423 g/mol. The maximum absolute atomic E-state index is 13.2. The van der Waals surface area contributed by atoms with Gasteiger partial charge in [-0.05, 0) is 36.4 Å². The summed E-state index contributed by atoms with van der Waals surface area (Å²) in [6.07, 6.45) is -3.86. The van der Waals surface area contributed by atoms with Crippen LogP contribution in [-0.4, -0.2) is 47.3 Å². The average Bonchev–Trinajstić information content (AvgIpc) is 3.28. The topological polar surface area (TPSA) is 74.5 Å². The van der Waals surface area contributed by atoms with Gasteiger partial charge in [0.15, 0.2) is 0 Å². The van der Waals surface area contributed by atoms with Crippen molar-refractivity contribution < 1.29 is 22.5 Å². The Bertz CT molecular complexity index is 1070. The van der Waals surface area contributed by atoms with Crippen molar-refractivity contribution in [2.24, 2.45) is 0 Å². The molecule has 0 radical (unpaired) electrons. The number of nitrogens with zero attached hydrogens (tertiary/aromatic N) is 4. The van der Waals surface area contributed by atoms with Crippen molar-refractivity contribution in [3.63, 3.8) is 0 Å². The van der Waals surface area contributed by atoms with Gasteiger partial charge in [-0.25, -0.2) is 4.79 Å². The van der Waals surface area contributed by atoms with Crippen LogP contribution >= 0.6 is 0 Å². The number of nitrogens with one attached hydrogen (secondary N) is 1. The van der Waals surface area contributed by atoms with Crippen LogP contribution in [0.5, 0.6) is 0 Å². The van der Waals surface area contributed by atoms with Crippen molar-refractivity contribution in [3.05, 3.63) is 60.0 Å². The van der Waals surface area contributed by atoms with Gasteiger partial charge in [-0.2, -0.15) is 18.2 Å². The summed E-state index contributed by atoms with van der Waals surface area (Å²) >= 11 is 0. The highest BCUT2D eigenvalue weighted by molar-refractivity contribution is 5.90. The Labute approximate surface area is 182 Å². The first-order valence-electron chi connectivity index (χ1n) is 10.3. The standard InChI is InChI=1S/C22H22F3N5O2/c1-2-19-27-20(28-32-19)15-7-9-16(10-8-15)29-11-13-30(14-12-29)21(31)26-18-6-4-3-5-17(18)22(23,24)25/h3-10H,2,11-14H2,1H3,(H,26,31). The van der Waals surface area contributed by atoms with Gasteiger partial charge in [-0.1, -0.05) is 24.2 Å². The molecule has 2 heterocycles.